The highest BCUT2D eigenvalue weighted by atomic mass is 15.1. The van der Waals surface area contributed by atoms with Crippen LogP contribution in [0, 0.1) is 0 Å². The van der Waals surface area contributed by atoms with E-state index >= 15 is 0 Å². The maximum absolute atomic E-state index is 2.49. The van der Waals surface area contributed by atoms with Crippen LogP contribution in [0.5, 0.6) is 0 Å². The molecule has 0 fully saturated rings. The summed E-state index contributed by atoms with van der Waals surface area (Å²) in [6.07, 6.45) is 9.98. The summed E-state index contributed by atoms with van der Waals surface area (Å²) in [4.78, 5) is 2.49. The lowest BCUT2D eigenvalue weighted by Crippen LogP contribution is -2.15. The second-order valence-corrected chi connectivity index (χ2v) is 15.1. The Morgan fingerprint density at radius 3 is 1.74 bits per heavy atom. The van der Waals surface area contributed by atoms with Gasteiger partial charge in [0.05, 0.1) is 5.69 Å². The molecule has 0 saturated carbocycles. The molecule has 0 radical (unpaired) electrons. The average molecular weight is 612 g/mol. The summed E-state index contributed by atoms with van der Waals surface area (Å²) in [5.41, 5.74) is 10.2. The first-order valence-corrected chi connectivity index (χ1v) is 17.0. The van der Waals surface area contributed by atoms with Crippen molar-refractivity contribution in [1.29, 1.82) is 0 Å². The molecule has 1 nitrogen and oxygen atoms in total. The molecule has 0 heterocycles. The van der Waals surface area contributed by atoms with E-state index in [1.807, 2.05) is 0 Å². The minimum absolute atomic E-state index is 0.0779. The Labute approximate surface area is 280 Å². The van der Waals surface area contributed by atoms with E-state index in [-0.39, 0.29) is 10.8 Å². The average Bonchev–Trinajstić information content (AvgIpc) is 3.08. The van der Waals surface area contributed by atoms with Crippen molar-refractivity contribution in [2.75, 3.05) is 4.90 Å². The molecule has 1 atom stereocenters. The first-order chi connectivity index (χ1) is 22.6. The SMILES string of the molecule is CC(C)(C)c1ccc(N(c2ccc(C(C)(C)C)cc2)c2c3ccc(-c4ccccc4)cc3cc3ccc(C4C=CC=CC4)cc23)cc1. The van der Waals surface area contributed by atoms with Gasteiger partial charge in [0.15, 0.2) is 0 Å². The van der Waals surface area contributed by atoms with Gasteiger partial charge in [-0.15, -0.1) is 0 Å². The van der Waals surface area contributed by atoms with E-state index in [1.54, 1.807) is 0 Å². The summed E-state index contributed by atoms with van der Waals surface area (Å²) < 4.78 is 0. The van der Waals surface area contributed by atoms with Crippen molar-refractivity contribution in [1.82, 2.24) is 0 Å². The summed E-state index contributed by atoms with van der Waals surface area (Å²) in [5.74, 6) is 0.374. The molecule has 6 aromatic rings. The van der Waals surface area contributed by atoms with E-state index in [2.05, 4.69) is 192 Å². The lowest BCUT2D eigenvalue weighted by atomic mass is 9.86. The summed E-state index contributed by atoms with van der Waals surface area (Å²) in [6, 6.07) is 45.6. The summed E-state index contributed by atoms with van der Waals surface area (Å²) in [6.45, 7) is 13.7. The smallest absolute Gasteiger partial charge is 0.0618 e. The molecule has 0 aromatic heterocycles. The maximum atomic E-state index is 2.49. The highest BCUT2D eigenvalue weighted by Crippen LogP contribution is 2.46. The fraction of sp³-hybridized carbons (Fsp3) is 0.217. The van der Waals surface area contributed by atoms with Gasteiger partial charge in [-0.1, -0.05) is 145 Å². The Morgan fingerprint density at radius 1 is 0.532 bits per heavy atom. The summed E-state index contributed by atoms with van der Waals surface area (Å²) in [7, 11) is 0. The standard InChI is InChI=1S/C46H45N/c1-45(2,3)38-20-24-40(25-21-38)47(41-26-22-39(23-27-41)46(4,5)6)44-42-28-19-34(32-13-9-7-10-14-32)29-37(42)30-36-18-17-35(31-43(36)44)33-15-11-8-12-16-33/h7-15,17-31,33H,16H2,1-6H3. The van der Waals surface area contributed by atoms with Gasteiger partial charge in [-0.25, -0.2) is 0 Å². The third-order valence-electron chi connectivity index (χ3n) is 9.67. The number of benzene rings is 6. The van der Waals surface area contributed by atoms with Gasteiger partial charge >= 0.3 is 0 Å². The minimum Gasteiger partial charge on any atom is -0.309 e. The van der Waals surface area contributed by atoms with Crippen molar-refractivity contribution in [3.8, 4) is 11.1 Å². The van der Waals surface area contributed by atoms with Gasteiger partial charge in [-0.05, 0) is 98.3 Å². The van der Waals surface area contributed by atoms with E-state index in [1.165, 1.54) is 55.0 Å². The quantitative estimate of drug-likeness (QED) is 0.175. The van der Waals surface area contributed by atoms with Crippen LogP contribution in [0.4, 0.5) is 17.1 Å². The zero-order valence-corrected chi connectivity index (χ0v) is 28.6. The molecular formula is C46H45N. The second kappa shape index (κ2) is 12.0. The molecule has 0 N–H and O–H groups in total. The predicted molar refractivity (Wildman–Crippen MR) is 205 cm³/mol. The molecule has 0 amide bonds. The van der Waals surface area contributed by atoms with Gasteiger partial charge in [0.2, 0.25) is 0 Å². The van der Waals surface area contributed by atoms with Crippen molar-refractivity contribution in [2.24, 2.45) is 0 Å². The van der Waals surface area contributed by atoms with Gasteiger partial charge in [0.1, 0.15) is 0 Å². The normalized spacial score (nSPS) is 15.0. The van der Waals surface area contributed by atoms with Crippen LogP contribution >= 0.6 is 0 Å². The molecule has 47 heavy (non-hydrogen) atoms. The predicted octanol–water partition coefficient (Wildman–Crippen LogP) is 13.3. The fourth-order valence-electron chi connectivity index (χ4n) is 6.85. The molecule has 7 rings (SSSR count). The van der Waals surface area contributed by atoms with Crippen molar-refractivity contribution in [3.63, 3.8) is 0 Å². The highest BCUT2D eigenvalue weighted by Gasteiger charge is 2.23. The summed E-state index contributed by atoms with van der Waals surface area (Å²) in [5, 5.41) is 5.00. The number of hydrogen-bond acceptors (Lipinski definition) is 1. The third-order valence-corrected chi connectivity index (χ3v) is 9.67. The Balaban J connectivity index is 1.52. The van der Waals surface area contributed by atoms with Gasteiger partial charge < -0.3 is 4.90 Å². The number of anilines is 3. The molecule has 6 aromatic carbocycles. The zero-order valence-electron chi connectivity index (χ0n) is 28.6. The molecule has 0 aliphatic heterocycles. The first-order valence-electron chi connectivity index (χ1n) is 17.0. The second-order valence-electron chi connectivity index (χ2n) is 15.1. The van der Waals surface area contributed by atoms with Crippen LogP contribution < -0.4 is 4.90 Å². The number of allylic oxidation sites excluding steroid dienone is 4. The number of rotatable bonds is 5. The van der Waals surface area contributed by atoms with Crippen LogP contribution in [0.3, 0.4) is 0 Å². The van der Waals surface area contributed by atoms with E-state index in [0.717, 1.165) is 17.8 Å². The lowest BCUT2D eigenvalue weighted by molar-refractivity contribution is 0.590. The van der Waals surface area contributed by atoms with Gasteiger partial charge in [0, 0.05) is 28.1 Å². The Bertz CT molecular complexity index is 2040. The molecule has 0 saturated heterocycles. The molecule has 0 spiro atoms. The van der Waals surface area contributed by atoms with E-state index in [9.17, 15) is 0 Å². The minimum atomic E-state index is 0.0779. The van der Waals surface area contributed by atoms with Crippen molar-refractivity contribution in [2.45, 2.75) is 64.7 Å². The molecule has 1 aliphatic carbocycles. The van der Waals surface area contributed by atoms with Gasteiger partial charge in [0.25, 0.3) is 0 Å². The molecule has 0 bridgehead atoms. The lowest BCUT2D eigenvalue weighted by Gasteiger charge is -2.30. The Morgan fingerprint density at radius 2 is 1.17 bits per heavy atom. The molecule has 1 aliphatic rings. The third kappa shape index (κ3) is 6.15. The molecule has 1 heteroatoms. The van der Waals surface area contributed by atoms with Gasteiger partial charge in [-0.2, -0.15) is 0 Å². The van der Waals surface area contributed by atoms with Crippen molar-refractivity contribution in [3.05, 3.63) is 162 Å². The van der Waals surface area contributed by atoms with Crippen LogP contribution in [0.1, 0.15) is 70.6 Å². The number of hydrogen-bond donors (Lipinski definition) is 0. The Kier molecular flexibility index (Phi) is 7.88. The van der Waals surface area contributed by atoms with E-state index < -0.39 is 0 Å². The topological polar surface area (TPSA) is 3.24 Å². The van der Waals surface area contributed by atoms with Gasteiger partial charge in [-0.3, -0.25) is 0 Å². The fourth-order valence-corrected chi connectivity index (χ4v) is 6.85. The zero-order chi connectivity index (χ0) is 32.8. The van der Waals surface area contributed by atoms with Crippen LogP contribution in [0.2, 0.25) is 0 Å². The largest absolute Gasteiger partial charge is 0.309 e. The van der Waals surface area contributed by atoms with Crippen LogP contribution in [-0.2, 0) is 10.8 Å². The molecule has 234 valence electrons. The van der Waals surface area contributed by atoms with Crippen LogP contribution in [0.25, 0.3) is 32.7 Å². The van der Waals surface area contributed by atoms with E-state index in [0.29, 0.717) is 5.92 Å². The van der Waals surface area contributed by atoms with E-state index in [4.69, 9.17) is 0 Å². The molecular weight excluding hydrogens is 567 g/mol. The first kappa shape index (κ1) is 30.8. The van der Waals surface area contributed by atoms with Crippen molar-refractivity contribution < 1.29 is 0 Å². The number of nitrogens with zero attached hydrogens (tertiary/aromatic N) is 1. The van der Waals surface area contributed by atoms with Crippen LogP contribution in [-0.4, -0.2) is 0 Å². The maximum Gasteiger partial charge on any atom is 0.0618 e. The number of fused-ring (bicyclic) bond motifs is 2. The Hall–Kier alpha value is -4.88. The monoisotopic (exact) mass is 611 g/mol. The molecule has 1 unspecified atom stereocenters. The highest BCUT2D eigenvalue weighted by molar-refractivity contribution is 6.15. The van der Waals surface area contributed by atoms with Crippen LogP contribution in [0.15, 0.2) is 146 Å². The van der Waals surface area contributed by atoms with Crippen molar-refractivity contribution >= 4 is 38.6 Å². The summed E-state index contributed by atoms with van der Waals surface area (Å²) >= 11 is 0.